The van der Waals surface area contributed by atoms with Crippen LogP contribution >= 0.6 is 0 Å². The lowest BCUT2D eigenvalue weighted by Gasteiger charge is -2.34. The minimum Gasteiger partial charge on any atom is -0.495 e. The summed E-state index contributed by atoms with van der Waals surface area (Å²) in [5, 5.41) is 2.69. The van der Waals surface area contributed by atoms with Crippen molar-refractivity contribution < 1.29 is 27.5 Å². The lowest BCUT2D eigenvalue weighted by molar-refractivity contribution is -0.119. The van der Waals surface area contributed by atoms with Gasteiger partial charge in [0.15, 0.2) is 6.61 Å². The van der Waals surface area contributed by atoms with Gasteiger partial charge >= 0.3 is 5.97 Å². The van der Waals surface area contributed by atoms with Crippen LogP contribution in [0.15, 0.2) is 47.4 Å². The van der Waals surface area contributed by atoms with E-state index in [9.17, 15) is 18.0 Å². The Kier molecular flexibility index (Phi) is 8.33. The van der Waals surface area contributed by atoms with Gasteiger partial charge in [-0.25, -0.2) is 13.2 Å². The van der Waals surface area contributed by atoms with E-state index >= 15 is 0 Å². The van der Waals surface area contributed by atoms with Gasteiger partial charge < -0.3 is 14.8 Å². The summed E-state index contributed by atoms with van der Waals surface area (Å²) in [5.41, 5.74) is 1.71. The third kappa shape index (κ3) is 6.15. The van der Waals surface area contributed by atoms with Crippen LogP contribution in [-0.4, -0.2) is 51.4 Å². The van der Waals surface area contributed by atoms with Crippen molar-refractivity contribution in [3.05, 3.63) is 53.6 Å². The predicted octanol–water partition coefficient (Wildman–Crippen LogP) is 3.72. The van der Waals surface area contributed by atoms with Gasteiger partial charge in [-0.1, -0.05) is 32.9 Å². The number of rotatable bonds is 8. The summed E-state index contributed by atoms with van der Waals surface area (Å²) >= 11 is 0. The highest BCUT2D eigenvalue weighted by atomic mass is 32.2. The number of methoxy groups -OCH3 is 1. The van der Waals surface area contributed by atoms with Crippen LogP contribution in [0.25, 0.3) is 0 Å². The zero-order valence-corrected chi connectivity index (χ0v) is 20.9. The number of aryl methyl sites for hydroxylation is 1. The summed E-state index contributed by atoms with van der Waals surface area (Å²) < 4.78 is 38.6. The monoisotopic (exact) mass is 488 g/mol. The van der Waals surface area contributed by atoms with E-state index in [2.05, 4.69) is 5.32 Å². The number of ether oxygens (including phenoxy) is 2. The Hall–Kier alpha value is -2.91. The standard InChI is InChI=1S/C25H32N2O6S/c1-5-19-7-6-8-21(12-19)26-24(28)16-33-25(29)20-9-10-22(32-4)23(13-20)34(30,31)27-14-17(2)11-18(3)15-27/h6-10,12-13,17-18H,5,11,14-16H2,1-4H3,(H,26,28). The minimum atomic E-state index is -3.88. The van der Waals surface area contributed by atoms with Gasteiger partial charge in [-0.3, -0.25) is 4.79 Å². The lowest BCUT2D eigenvalue weighted by atomic mass is 9.94. The Bertz CT molecular complexity index is 1140. The molecule has 1 amide bonds. The van der Waals surface area contributed by atoms with E-state index in [0.717, 1.165) is 18.4 Å². The van der Waals surface area contributed by atoms with Crippen LogP contribution in [0.3, 0.4) is 0 Å². The second-order valence-electron chi connectivity index (χ2n) is 8.81. The van der Waals surface area contributed by atoms with Crippen molar-refractivity contribution in [1.82, 2.24) is 4.31 Å². The highest BCUT2D eigenvalue weighted by Gasteiger charge is 2.34. The zero-order chi connectivity index (χ0) is 24.9. The van der Waals surface area contributed by atoms with Gasteiger partial charge in [-0.05, 0) is 60.6 Å². The molecular formula is C25H32N2O6S. The van der Waals surface area contributed by atoms with Gasteiger partial charge in [0, 0.05) is 18.8 Å². The van der Waals surface area contributed by atoms with Crippen molar-refractivity contribution in [1.29, 1.82) is 0 Å². The SMILES string of the molecule is CCc1cccc(NC(=O)COC(=O)c2ccc(OC)c(S(=O)(=O)N3CC(C)CC(C)C3)c2)c1. The summed E-state index contributed by atoms with van der Waals surface area (Å²) in [7, 11) is -2.50. The van der Waals surface area contributed by atoms with Crippen LogP contribution in [0, 0.1) is 11.8 Å². The molecule has 0 aliphatic carbocycles. The molecule has 184 valence electrons. The molecule has 1 saturated heterocycles. The van der Waals surface area contributed by atoms with Gasteiger partial charge in [-0.2, -0.15) is 4.31 Å². The van der Waals surface area contributed by atoms with Crippen LogP contribution in [0.4, 0.5) is 5.69 Å². The smallest absolute Gasteiger partial charge is 0.338 e. The number of esters is 1. The maximum Gasteiger partial charge on any atom is 0.338 e. The highest BCUT2D eigenvalue weighted by Crippen LogP contribution is 2.32. The van der Waals surface area contributed by atoms with Gasteiger partial charge in [0.1, 0.15) is 10.6 Å². The van der Waals surface area contributed by atoms with Gasteiger partial charge in [0.05, 0.1) is 12.7 Å². The van der Waals surface area contributed by atoms with E-state index < -0.39 is 28.5 Å². The summed E-state index contributed by atoms with van der Waals surface area (Å²) in [6.07, 6.45) is 1.79. The van der Waals surface area contributed by atoms with Crippen LogP contribution in [0.1, 0.15) is 43.1 Å². The fraction of sp³-hybridized carbons (Fsp3) is 0.440. The molecule has 2 aromatic rings. The molecule has 34 heavy (non-hydrogen) atoms. The first-order valence-corrected chi connectivity index (χ1v) is 12.8. The van der Waals surface area contributed by atoms with E-state index in [1.807, 2.05) is 39.0 Å². The van der Waals surface area contributed by atoms with E-state index in [4.69, 9.17) is 9.47 Å². The Labute approximate surface area is 201 Å². The molecule has 8 nitrogen and oxygen atoms in total. The number of hydrogen-bond donors (Lipinski definition) is 1. The van der Waals surface area contributed by atoms with Crippen molar-refractivity contribution in [2.75, 3.05) is 32.1 Å². The first kappa shape index (κ1) is 25.7. The molecule has 2 atom stereocenters. The number of nitrogens with one attached hydrogen (secondary N) is 1. The molecule has 0 bridgehead atoms. The van der Waals surface area contributed by atoms with Crippen LogP contribution in [0.5, 0.6) is 5.75 Å². The molecule has 0 saturated carbocycles. The fourth-order valence-electron chi connectivity index (χ4n) is 4.23. The average molecular weight is 489 g/mol. The van der Waals surface area contributed by atoms with Gasteiger partial charge in [-0.15, -0.1) is 0 Å². The number of carbonyl (C=O) groups excluding carboxylic acids is 2. The summed E-state index contributed by atoms with van der Waals surface area (Å²) in [4.78, 5) is 24.8. The van der Waals surface area contributed by atoms with Crippen LogP contribution < -0.4 is 10.1 Å². The molecule has 1 N–H and O–H groups in total. The second-order valence-corrected chi connectivity index (χ2v) is 10.7. The molecule has 3 rings (SSSR count). The Balaban J connectivity index is 1.73. The Morgan fingerprint density at radius 1 is 1.09 bits per heavy atom. The van der Waals surface area contributed by atoms with Gasteiger partial charge in [0.25, 0.3) is 5.91 Å². The Morgan fingerprint density at radius 2 is 1.79 bits per heavy atom. The van der Waals surface area contributed by atoms with Crippen molar-refractivity contribution in [3.8, 4) is 5.75 Å². The minimum absolute atomic E-state index is 0.0262. The largest absolute Gasteiger partial charge is 0.495 e. The number of nitrogens with zero attached hydrogens (tertiary/aromatic N) is 1. The molecule has 0 radical (unpaired) electrons. The van der Waals surface area contributed by atoms with E-state index in [1.54, 1.807) is 6.07 Å². The predicted molar refractivity (Wildman–Crippen MR) is 129 cm³/mol. The first-order chi connectivity index (χ1) is 16.1. The van der Waals surface area contributed by atoms with Crippen molar-refractivity contribution >= 4 is 27.6 Å². The molecule has 1 heterocycles. The normalized spacial score (nSPS) is 18.8. The van der Waals surface area contributed by atoms with Gasteiger partial charge in [0.2, 0.25) is 10.0 Å². The third-order valence-corrected chi connectivity index (χ3v) is 7.66. The summed E-state index contributed by atoms with van der Waals surface area (Å²) in [5.74, 6) is -0.671. The van der Waals surface area contributed by atoms with Crippen molar-refractivity contribution in [2.45, 2.75) is 38.5 Å². The number of amides is 1. The Morgan fingerprint density at radius 3 is 2.44 bits per heavy atom. The summed E-state index contributed by atoms with van der Waals surface area (Å²) in [6.45, 7) is 6.37. The number of sulfonamides is 1. The van der Waals surface area contributed by atoms with E-state index in [0.29, 0.717) is 18.8 Å². The molecule has 2 unspecified atom stereocenters. The first-order valence-electron chi connectivity index (χ1n) is 11.4. The van der Waals surface area contributed by atoms with E-state index in [1.165, 1.54) is 29.6 Å². The third-order valence-electron chi connectivity index (χ3n) is 5.81. The molecule has 2 aromatic carbocycles. The van der Waals surface area contributed by atoms with Crippen LogP contribution in [0.2, 0.25) is 0 Å². The molecule has 0 aromatic heterocycles. The zero-order valence-electron chi connectivity index (χ0n) is 20.0. The van der Waals surface area contributed by atoms with E-state index in [-0.39, 0.29) is 28.0 Å². The van der Waals surface area contributed by atoms with Crippen LogP contribution in [-0.2, 0) is 26.0 Å². The maximum absolute atomic E-state index is 13.4. The molecular weight excluding hydrogens is 456 g/mol. The molecule has 0 spiro atoms. The number of benzene rings is 2. The van der Waals surface area contributed by atoms with Crippen molar-refractivity contribution in [2.24, 2.45) is 11.8 Å². The number of carbonyl (C=O) groups is 2. The number of hydrogen-bond acceptors (Lipinski definition) is 6. The average Bonchev–Trinajstić information content (AvgIpc) is 2.81. The van der Waals surface area contributed by atoms with Crippen molar-refractivity contribution in [3.63, 3.8) is 0 Å². The quantitative estimate of drug-likeness (QED) is 0.568. The lowest BCUT2D eigenvalue weighted by Crippen LogP contribution is -2.42. The summed E-state index contributed by atoms with van der Waals surface area (Å²) in [6, 6.07) is 11.5. The number of piperidine rings is 1. The molecule has 1 aliphatic heterocycles. The second kappa shape index (κ2) is 11.0. The fourth-order valence-corrected chi connectivity index (χ4v) is 6.09. The topological polar surface area (TPSA) is 102 Å². The maximum atomic E-state index is 13.4. The highest BCUT2D eigenvalue weighted by molar-refractivity contribution is 7.89. The molecule has 1 aliphatic rings. The molecule has 9 heteroatoms. The number of anilines is 1. The molecule has 1 fully saturated rings.